The summed E-state index contributed by atoms with van der Waals surface area (Å²) >= 11 is 0. The minimum Gasteiger partial charge on any atom is -0.481 e. The molecule has 0 bridgehead atoms. The summed E-state index contributed by atoms with van der Waals surface area (Å²) in [5.74, 6) is 0.904. The van der Waals surface area contributed by atoms with Crippen LogP contribution in [-0.4, -0.2) is 55.8 Å². The van der Waals surface area contributed by atoms with Crippen molar-refractivity contribution in [1.29, 1.82) is 0 Å². The lowest BCUT2D eigenvalue weighted by molar-refractivity contribution is -0.142. The van der Waals surface area contributed by atoms with Crippen molar-refractivity contribution in [2.75, 3.05) is 44.8 Å². The highest BCUT2D eigenvalue weighted by atomic mass is 16.6. The zero-order chi connectivity index (χ0) is 16.1. The van der Waals surface area contributed by atoms with Crippen LogP contribution in [0.4, 0.5) is 5.69 Å². The van der Waals surface area contributed by atoms with E-state index in [-0.39, 0.29) is 6.61 Å². The van der Waals surface area contributed by atoms with Crippen LogP contribution in [0.15, 0.2) is 30.6 Å². The molecule has 1 aliphatic heterocycles. The van der Waals surface area contributed by atoms with Gasteiger partial charge in [0.05, 0.1) is 12.7 Å². The van der Waals surface area contributed by atoms with Crippen LogP contribution in [-0.2, 0) is 9.53 Å². The van der Waals surface area contributed by atoms with E-state index >= 15 is 0 Å². The number of H-pyrrole nitrogens is 1. The molecule has 1 fully saturated rings. The van der Waals surface area contributed by atoms with Gasteiger partial charge in [-0.25, -0.2) is 9.78 Å². The molecule has 23 heavy (non-hydrogen) atoms. The van der Waals surface area contributed by atoms with E-state index in [1.807, 2.05) is 18.2 Å². The number of nitrogens with one attached hydrogen (secondary N) is 2. The minimum atomic E-state index is -0.414. The van der Waals surface area contributed by atoms with Crippen LogP contribution in [0.3, 0.4) is 0 Å². The maximum absolute atomic E-state index is 11.4. The Balaban J connectivity index is 1.88. The number of carbonyl (C=O) groups excluding carboxylic acids is 1. The molecule has 1 saturated heterocycles. The Morgan fingerprint density at radius 1 is 1.35 bits per heavy atom. The van der Waals surface area contributed by atoms with Gasteiger partial charge in [-0.2, -0.15) is 0 Å². The van der Waals surface area contributed by atoms with E-state index < -0.39 is 5.97 Å². The van der Waals surface area contributed by atoms with Crippen molar-refractivity contribution in [2.24, 2.45) is 0 Å². The first kappa shape index (κ1) is 15.4. The van der Waals surface area contributed by atoms with Crippen molar-refractivity contribution in [3.8, 4) is 17.1 Å². The molecule has 2 N–H and O–H groups in total. The number of rotatable bonds is 5. The number of aromatic nitrogens is 2. The lowest BCUT2D eigenvalue weighted by atomic mass is 10.1. The number of carbonyl (C=O) groups is 1. The van der Waals surface area contributed by atoms with Crippen LogP contribution < -0.4 is 15.0 Å². The highest BCUT2D eigenvalue weighted by molar-refractivity contribution is 5.73. The number of anilines is 1. The molecule has 122 valence electrons. The third-order valence-electron chi connectivity index (χ3n) is 3.77. The third kappa shape index (κ3) is 3.62. The van der Waals surface area contributed by atoms with Crippen LogP contribution in [0.5, 0.6) is 5.75 Å². The standard InChI is InChI=1S/C16H20N4O3/c1-22-15(21)11-23-14-10-12(20-8-6-17-7-9-20)2-3-13(14)16-18-4-5-19-16/h2-5,10,17H,6-9,11H2,1H3,(H,18,19). The van der Waals surface area contributed by atoms with Crippen molar-refractivity contribution < 1.29 is 14.3 Å². The second kappa shape index (κ2) is 7.15. The predicted molar refractivity (Wildman–Crippen MR) is 86.6 cm³/mol. The van der Waals surface area contributed by atoms with Gasteiger partial charge < -0.3 is 24.7 Å². The first-order valence-electron chi connectivity index (χ1n) is 7.57. The molecule has 0 spiro atoms. The highest BCUT2D eigenvalue weighted by Gasteiger charge is 2.16. The number of ether oxygens (including phenoxy) is 2. The number of methoxy groups -OCH3 is 1. The van der Waals surface area contributed by atoms with Gasteiger partial charge in [-0.15, -0.1) is 0 Å². The number of piperazine rings is 1. The van der Waals surface area contributed by atoms with Gasteiger partial charge in [-0.3, -0.25) is 0 Å². The lowest BCUT2D eigenvalue weighted by Gasteiger charge is -2.30. The number of aromatic amines is 1. The summed E-state index contributed by atoms with van der Waals surface area (Å²) in [6, 6.07) is 5.96. The maximum atomic E-state index is 11.4. The Kier molecular flexibility index (Phi) is 4.77. The van der Waals surface area contributed by atoms with Gasteiger partial charge in [0.2, 0.25) is 0 Å². The molecule has 1 aromatic heterocycles. The smallest absolute Gasteiger partial charge is 0.343 e. The predicted octanol–water partition coefficient (Wildman–Crippen LogP) is 1.04. The average molecular weight is 316 g/mol. The Labute approximate surface area is 134 Å². The zero-order valence-corrected chi connectivity index (χ0v) is 13.0. The number of nitrogens with zero attached hydrogens (tertiary/aromatic N) is 2. The van der Waals surface area contributed by atoms with E-state index in [4.69, 9.17) is 4.74 Å². The monoisotopic (exact) mass is 316 g/mol. The minimum absolute atomic E-state index is 0.130. The Bertz CT molecular complexity index is 651. The summed E-state index contributed by atoms with van der Waals surface area (Å²) in [6.45, 7) is 3.67. The van der Waals surface area contributed by atoms with Gasteiger partial charge in [-0.05, 0) is 12.1 Å². The average Bonchev–Trinajstić information content (AvgIpc) is 3.14. The summed E-state index contributed by atoms with van der Waals surface area (Å²) in [5.41, 5.74) is 1.89. The van der Waals surface area contributed by atoms with Crippen LogP contribution in [0.25, 0.3) is 11.4 Å². The number of hydrogen-bond acceptors (Lipinski definition) is 6. The quantitative estimate of drug-likeness (QED) is 0.802. The summed E-state index contributed by atoms with van der Waals surface area (Å²) in [6.07, 6.45) is 3.44. The molecule has 0 saturated carbocycles. The van der Waals surface area contributed by atoms with E-state index in [9.17, 15) is 4.79 Å². The molecule has 0 atom stereocenters. The number of hydrogen-bond donors (Lipinski definition) is 2. The van der Waals surface area contributed by atoms with E-state index in [0.29, 0.717) is 11.6 Å². The van der Waals surface area contributed by atoms with Crippen molar-refractivity contribution in [3.05, 3.63) is 30.6 Å². The Morgan fingerprint density at radius 2 is 2.17 bits per heavy atom. The van der Waals surface area contributed by atoms with Gasteiger partial charge in [0.25, 0.3) is 0 Å². The van der Waals surface area contributed by atoms with Crippen molar-refractivity contribution in [1.82, 2.24) is 15.3 Å². The fourth-order valence-corrected chi connectivity index (χ4v) is 2.55. The number of imidazole rings is 1. The molecule has 0 amide bonds. The summed E-state index contributed by atoms with van der Waals surface area (Å²) < 4.78 is 10.3. The van der Waals surface area contributed by atoms with Gasteiger partial charge in [0, 0.05) is 50.3 Å². The van der Waals surface area contributed by atoms with Crippen LogP contribution >= 0.6 is 0 Å². The van der Waals surface area contributed by atoms with Crippen LogP contribution in [0.2, 0.25) is 0 Å². The molecule has 2 aromatic rings. The van der Waals surface area contributed by atoms with E-state index in [1.165, 1.54) is 7.11 Å². The second-order valence-electron chi connectivity index (χ2n) is 5.22. The van der Waals surface area contributed by atoms with Gasteiger partial charge in [-0.1, -0.05) is 0 Å². The fraction of sp³-hybridized carbons (Fsp3) is 0.375. The molecule has 0 radical (unpaired) electrons. The molecular formula is C16H20N4O3. The first-order valence-corrected chi connectivity index (χ1v) is 7.57. The first-order chi connectivity index (χ1) is 11.3. The summed E-state index contributed by atoms with van der Waals surface area (Å²) in [7, 11) is 1.34. The highest BCUT2D eigenvalue weighted by Crippen LogP contribution is 2.32. The molecule has 0 aliphatic carbocycles. The molecule has 7 nitrogen and oxygen atoms in total. The SMILES string of the molecule is COC(=O)COc1cc(N2CCNCC2)ccc1-c1ncc[nH]1. The molecular weight excluding hydrogens is 296 g/mol. The largest absolute Gasteiger partial charge is 0.481 e. The van der Waals surface area contributed by atoms with Crippen LogP contribution in [0.1, 0.15) is 0 Å². The third-order valence-corrected chi connectivity index (χ3v) is 3.77. The molecule has 2 heterocycles. The molecule has 1 aromatic carbocycles. The number of esters is 1. The van der Waals surface area contributed by atoms with Crippen molar-refractivity contribution >= 4 is 11.7 Å². The van der Waals surface area contributed by atoms with Gasteiger partial charge in [0.1, 0.15) is 11.6 Å². The molecule has 1 aliphatic rings. The second-order valence-corrected chi connectivity index (χ2v) is 5.22. The lowest BCUT2D eigenvalue weighted by Crippen LogP contribution is -2.43. The topological polar surface area (TPSA) is 79.5 Å². The summed E-state index contributed by atoms with van der Waals surface area (Å²) in [5, 5.41) is 3.33. The molecule has 3 rings (SSSR count). The van der Waals surface area contributed by atoms with Crippen molar-refractivity contribution in [3.63, 3.8) is 0 Å². The van der Waals surface area contributed by atoms with E-state index in [2.05, 4.69) is 24.9 Å². The Morgan fingerprint density at radius 3 is 2.87 bits per heavy atom. The molecule has 7 heteroatoms. The van der Waals surface area contributed by atoms with Gasteiger partial charge >= 0.3 is 5.97 Å². The van der Waals surface area contributed by atoms with E-state index in [1.54, 1.807) is 12.4 Å². The summed E-state index contributed by atoms with van der Waals surface area (Å²) in [4.78, 5) is 21.0. The van der Waals surface area contributed by atoms with Gasteiger partial charge in [0.15, 0.2) is 6.61 Å². The fourth-order valence-electron chi connectivity index (χ4n) is 2.55. The molecule has 0 unspecified atom stereocenters. The van der Waals surface area contributed by atoms with Crippen molar-refractivity contribution in [2.45, 2.75) is 0 Å². The van der Waals surface area contributed by atoms with E-state index in [0.717, 1.165) is 37.4 Å². The Hall–Kier alpha value is -2.54. The van der Waals surface area contributed by atoms with Crippen LogP contribution in [0, 0.1) is 0 Å². The number of benzene rings is 1. The zero-order valence-electron chi connectivity index (χ0n) is 13.0. The normalized spacial score (nSPS) is 14.6. The maximum Gasteiger partial charge on any atom is 0.343 e.